The lowest BCUT2D eigenvalue weighted by Crippen LogP contribution is -2.52. The van der Waals surface area contributed by atoms with Crippen molar-refractivity contribution in [2.75, 3.05) is 24.3 Å². The van der Waals surface area contributed by atoms with Crippen LogP contribution in [0.15, 0.2) is 0 Å². The highest BCUT2D eigenvalue weighted by Crippen LogP contribution is 2.35. The summed E-state index contributed by atoms with van der Waals surface area (Å²) in [4.78, 5) is 9.66. The number of thiol groups is 1. The quantitative estimate of drug-likeness (QED) is 0.314. The van der Waals surface area contributed by atoms with Crippen molar-refractivity contribution >= 4 is 34.3 Å². The lowest BCUT2D eigenvalue weighted by molar-refractivity contribution is -0.367. The third kappa shape index (κ3) is 8.27. The van der Waals surface area contributed by atoms with Crippen LogP contribution in [0.3, 0.4) is 0 Å². The molecule has 0 aliphatic carbocycles. The molecule has 0 aromatic rings. The Hall–Kier alpha value is -0.0000000000000000555. The zero-order valence-corrected chi connectivity index (χ0v) is 13.6. The number of hydrogen-bond acceptors (Lipinski definition) is 4. The molecular weight excluding hydrogens is 394 g/mol. The van der Waals surface area contributed by atoms with Crippen molar-refractivity contribution in [2.45, 2.75) is 32.0 Å². The van der Waals surface area contributed by atoms with Crippen LogP contribution in [0.4, 0.5) is 26.3 Å². The van der Waals surface area contributed by atoms with Gasteiger partial charge >= 0.3 is 12.4 Å². The van der Waals surface area contributed by atoms with E-state index in [9.17, 15) is 31.1 Å². The van der Waals surface area contributed by atoms with Gasteiger partial charge in [-0.2, -0.15) is 39.0 Å². The summed E-state index contributed by atoms with van der Waals surface area (Å²) in [6.45, 7) is 2.81. The van der Waals surface area contributed by atoms with Crippen molar-refractivity contribution < 1.29 is 40.6 Å². The summed E-state index contributed by atoms with van der Waals surface area (Å²) in [6, 6.07) is 0. The minimum absolute atomic E-state index is 0.0694. The van der Waals surface area contributed by atoms with Crippen LogP contribution in [-0.2, 0) is 14.3 Å². The molecule has 21 heavy (non-hydrogen) atoms. The maximum absolute atomic E-state index is 12.5. The number of Topliss-reactive ketones (excluding diaryl/α,β-unsaturated/α-hetero) is 1. The smallest absolute Gasteiger partial charge is 0.342 e. The number of alkyl halides is 7. The predicted octanol–water partition coefficient (Wildman–Crippen LogP) is 3.76. The molecule has 0 bridgehead atoms. The third-order valence-corrected chi connectivity index (χ3v) is 2.76. The Morgan fingerprint density at radius 3 is 1.52 bits per heavy atom. The van der Waals surface area contributed by atoms with E-state index in [-0.39, 0.29) is 13.2 Å². The number of ether oxygens (including phenoxy) is 2. The van der Waals surface area contributed by atoms with Gasteiger partial charge in [0.2, 0.25) is 5.78 Å². The lowest BCUT2D eigenvalue weighted by Gasteiger charge is -2.33. The molecule has 11 heteroatoms. The van der Waals surface area contributed by atoms with E-state index in [2.05, 4.69) is 38.0 Å². The van der Waals surface area contributed by atoms with Gasteiger partial charge in [0, 0.05) is 13.2 Å². The second-order valence-corrected chi connectivity index (χ2v) is 4.21. The van der Waals surface area contributed by atoms with E-state index in [1.54, 1.807) is 0 Å². The van der Waals surface area contributed by atoms with Gasteiger partial charge in [-0.3, -0.25) is 4.79 Å². The van der Waals surface area contributed by atoms with E-state index in [0.717, 1.165) is 0 Å². The molecule has 0 atom stereocenters. The van der Waals surface area contributed by atoms with Crippen LogP contribution in [-0.4, -0.2) is 48.2 Å². The van der Waals surface area contributed by atoms with Gasteiger partial charge in [-0.25, -0.2) is 0 Å². The molecule has 0 aromatic carbocycles. The lowest BCUT2D eigenvalue weighted by atomic mass is 10.3. The summed E-state index contributed by atoms with van der Waals surface area (Å²) >= 11 is 5.97. The van der Waals surface area contributed by atoms with E-state index in [0.29, 0.717) is 0 Å². The van der Waals surface area contributed by atoms with Crippen LogP contribution in [0.2, 0.25) is 0 Å². The van der Waals surface area contributed by atoms with Crippen LogP contribution in [0, 0.1) is 0 Å². The normalized spacial score (nSPS) is 12.7. The molecule has 0 unspecified atom stereocenters. The van der Waals surface area contributed by atoms with Crippen molar-refractivity contribution in [3.05, 3.63) is 0 Å². The van der Waals surface area contributed by atoms with Crippen LogP contribution in [0.25, 0.3) is 0 Å². The molecule has 0 N–H and O–H groups in total. The summed E-state index contributed by atoms with van der Waals surface area (Å²) in [7, 11) is 0. The zero-order valence-electron chi connectivity index (χ0n) is 11.1. The van der Waals surface area contributed by atoms with Gasteiger partial charge in [0.05, 0.1) is 11.1 Å². The van der Waals surface area contributed by atoms with E-state index >= 15 is 0 Å². The second-order valence-electron chi connectivity index (χ2n) is 3.33. The van der Waals surface area contributed by atoms with Crippen LogP contribution in [0.5, 0.6) is 0 Å². The van der Waals surface area contributed by atoms with E-state index < -0.39 is 35.0 Å². The number of carbonyl (C=O) groups is 1. The van der Waals surface area contributed by atoms with E-state index in [1.807, 2.05) is 0 Å². The van der Waals surface area contributed by atoms with Gasteiger partial charge in [-0.15, -0.1) is 0 Å². The van der Waals surface area contributed by atoms with Gasteiger partial charge in [0.25, 0.3) is 5.79 Å². The van der Waals surface area contributed by atoms with Gasteiger partial charge in [0.15, 0.2) is 0 Å². The van der Waals surface area contributed by atoms with Crippen molar-refractivity contribution in [1.29, 1.82) is 0 Å². The molecule has 0 amide bonds. The minimum atomic E-state index is -4.68. The molecule has 0 radical (unpaired) electrons. The molecule has 0 rings (SSSR count). The second kappa shape index (κ2) is 9.90. The summed E-state index contributed by atoms with van der Waals surface area (Å²) in [5.41, 5.74) is 0. The van der Waals surface area contributed by atoms with Gasteiger partial charge in [0.1, 0.15) is 0 Å². The Morgan fingerprint density at radius 1 is 1.05 bits per heavy atom. The van der Waals surface area contributed by atoms with Crippen molar-refractivity contribution in [3.63, 3.8) is 0 Å². The zero-order chi connectivity index (χ0) is 17.3. The maximum atomic E-state index is 12.5. The molecule has 0 aromatic heterocycles. The Labute approximate surface area is 131 Å². The molecule has 128 valence electrons. The summed E-state index contributed by atoms with van der Waals surface area (Å²) in [5, 5.41) is -0.656. The van der Waals surface area contributed by atoms with Gasteiger partial charge in [-0.05, 0) is 13.8 Å². The highest BCUT2D eigenvalue weighted by molar-refractivity contribution is 9.09. The Kier molecular flexibility index (Phi) is 11.0. The monoisotopic (exact) mass is 408 g/mol. The highest BCUT2D eigenvalue weighted by Gasteiger charge is 2.56. The summed E-state index contributed by atoms with van der Waals surface area (Å²) in [5.74, 6) is -4.85. The van der Waals surface area contributed by atoms with Crippen LogP contribution < -0.4 is 0 Å². The first-order valence-corrected chi connectivity index (χ1v) is 7.28. The largest absolute Gasteiger partial charge is 0.450 e. The molecule has 3 nitrogen and oxygen atoms in total. The molecule has 0 aliphatic rings. The standard InChI is InChI=1S/C7H13F3O2S.C3H2BrF3O/c1-3-11-6(5-13,12-4-2)7(8,9)10;4-1-2(8)3(5,6)7/h13H,3-5H2,1-2H3;1H2. The van der Waals surface area contributed by atoms with Gasteiger partial charge in [-0.1, -0.05) is 15.9 Å². The molecule has 0 saturated heterocycles. The number of halogens is 7. The predicted molar refractivity (Wildman–Crippen MR) is 70.7 cm³/mol. The molecule has 0 heterocycles. The fraction of sp³-hybridized carbons (Fsp3) is 0.900. The number of hydrogen-bond donors (Lipinski definition) is 1. The molecule has 0 aliphatic heterocycles. The SMILES string of the molecule is CCOC(CS)(OCC)C(F)(F)F.O=C(CBr)C(F)(F)F. The van der Waals surface area contributed by atoms with Crippen LogP contribution in [0.1, 0.15) is 13.8 Å². The fourth-order valence-corrected chi connectivity index (χ4v) is 1.61. The number of rotatable bonds is 6. The summed E-state index contributed by atoms with van der Waals surface area (Å²) in [6.07, 6.45) is -9.23. The number of carbonyl (C=O) groups excluding carboxylic acids is 1. The van der Waals surface area contributed by atoms with E-state index in [4.69, 9.17) is 0 Å². The van der Waals surface area contributed by atoms with Gasteiger partial charge < -0.3 is 9.47 Å². The highest BCUT2D eigenvalue weighted by atomic mass is 79.9. The Bertz CT molecular complexity index is 302. The molecule has 0 spiro atoms. The molecule has 0 saturated carbocycles. The van der Waals surface area contributed by atoms with E-state index in [1.165, 1.54) is 13.8 Å². The average Bonchev–Trinajstić information content (AvgIpc) is 2.35. The first-order chi connectivity index (χ1) is 9.41. The molecule has 0 fully saturated rings. The Morgan fingerprint density at radius 2 is 1.43 bits per heavy atom. The summed E-state index contributed by atoms with van der Waals surface area (Å²) < 4.78 is 79.7. The molecular formula is C10H15BrF6O3S. The average molecular weight is 409 g/mol. The Balaban J connectivity index is 0. The third-order valence-electron chi connectivity index (χ3n) is 1.83. The first kappa shape index (κ1) is 23.3. The van der Waals surface area contributed by atoms with Crippen molar-refractivity contribution in [1.82, 2.24) is 0 Å². The first-order valence-electron chi connectivity index (χ1n) is 5.53. The minimum Gasteiger partial charge on any atom is -0.342 e. The maximum Gasteiger partial charge on any atom is 0.450 e. The van der Waals surface area contributed by atoms with Crippen molar-refractivity contribution in [2.24, 2.45) is 0 Å². The number of ketones is 1. The topological polar surface area (TPSA) is 35.5 Å². The van der Waals surface area contributed by atoms with Crippen LogP contribution >= 0.6 is 28.6 Å². The van der Waals surface area contributed by atoms with Crippen molar-refractivity contribution in [3.8, 4) is 0 Å². The fourth-order valence-electron chi connectivity index (χ4n) is 0.928.